The summed E-state index contributed by atoms with van der Waals surface area (Å²) >= 11 is 0. The van der Waals surface area contributed by atoms with E-state index < -0.39 is 0 Å². The van der Waals surface area contributed by atoms with Gasteiger partial charge in [0, 0.05) is 25.0 Å². The van der Waals surface area contributed by atoms with Gasteiger partial charge in [0.2, 0.25) is 0 Å². The van der Waals surface area contributed by atoms with E-state index in [0.717, 1.165) is 12.8 Å². The lowest BCUT2D eigenvalue weighted by Gasteiger charge is -2.19. The van der Waals surface area contributed by atoms with Crippen LogP contribution in [0, 0.1) is 0 Å². The van der Waals surface area contributed by atoms with Crippen LogP contribution >= 0.6 is 0 Å². The van der Waals surface area contributed by atoms with Gasteiger partial charge in [-0.3, -0.25) is 14.7 Å². The van der Waals surface area contributed by atoms with Crippen LogP contribution in [0.1, 0.15) is 36.4 Å². The highest BCUT2D eigenvalue weighted by Crippen LogP contribution is 2.30. The highest BCUT2D eigenvalue weighted by atomic mass is 16.6. The van der Waals surface area contributed by atoms with Crippen LogP contribution in [0.2, 0.25) is 0 Å². The number of amides is 1. The lowest BCUT2D eigenvalue weighted by molar-refractivity contribution is -0.122. The van der Waals surface area contributed by atoms with E-state index in [1.165, 1.54) is 30.5 Å². The second kappa shape index (κ2) is 6.54. The van der Waals surface area contributed by atoms with Gasteiger partial charge < -0.3 is 10.1 Å². The Hall–Kier alpha value is -1.46. The Kier molecular flexibility index (Phi) is 4.51. The molecule has 2 atom stereocenters. The van der Waals surface area contributed by atoms with Crippen molar-refractivity contribution in [3.8, 4) is 0 Å². The molecule has 3 heterocycles. The SMILES string of the molecule is CN1CCC[C@H]1c1cncc(CCCNC(=O)C2CO2)c1. The predicted molar refractivity (Wildman–Crippen MR) is 79.9 cm³/mol. The Bertz CT molecular complexity index is 502. The number of ether oxygens (including phenoxy) is 1. The van der Waals surface area contributed by atoms with Gasteiger partial charge in [0.15, 0.2) is 6.10 Å². The zero-order valence-electron chi connectivity index (χ0n) is 12.5. The molecule has 2 fully saturated rings. The van der Waals surface area contributed by atoms with Crippen molar-refractivity contribution in [1.82, 2.24) is 15.2 Å². The maximum Gasteiger partial charge on any atom is 0.251 e. The zero-order valence-corrected chi connectivity index (χ0v) is 12.5. The van der Waals surface area contributed by atoms with Crippen molar-refractivity contribution >= 4 is 5.91 Å². The Morgan fingerprint density at radius 3 is 3.10 bits per heavy atom. The van der Waals surface area contributed by atoms with Gasteiger partial charge >= 0.3 is 0 Å². The van der Waals surface area contributed by atoms with Crippen LogP contribution in [0.4, 0.5) is 0 Å². The second-order valence-electron chi connectivity index (χ2n) is 5.98. The first-order valence-corrected chi connectivity index (χ1v) is 7.77. The molecule has 2 saturated heterocycles. The summed E-state index contributed by atoms with van der Waals surface area (Å²) in [5.74, 6) is 0.0226. The largest absolute Gasteiger partial charge is 0.363 e. The Balaban J connectivity index is 1.47. The first-order valence-electron chi connectivity index (χ1n) is 7.77. The van der Waals surface area contributed by atoms with Gasteiger partial charge in [-0.05, 0) is 50.4 Å². The van der Waals surface area contributed by atoms with Gasteiger partial charge in [-0.25, -0.2) is 0 Å². The summed E-state index contributed by atoms with van der Waals surface area (Å²) in [5, 5.41) is 2.90. The summed E-state index contributed by atoms with van der Waals surface area (Å²) in [6.45, 7) is 2.45. The third-order valence-electron chi connectivity index (χ3n) is 4.29. The van der Waals surface area contributed by atoms with Crippen LogP contribution in [0.25, 0.3) is 0 Å². The highest BCUT2D eigenvalue weighted by molar-refractivity contribution is 5.82. The molecule has 0 aromatic carbocycles. The number of carbonyl (C=O) groups excluding carboxylic acids is 1. The molecule has 1 N–H and O–H groups in total. The third kappa shape index (κ3) is 3.80. The van der Waals surface area contributed by atoms with E-state index in [9.17, 15) is 4.79 Å². The Morgan fingerprint density at radius 2 is 2.38 bits per heavy atom. The third-order valence-corrected chi connectivity index (χ3v) is 4.29. The van der Waals surface area contributed by atoms with Crippen molar-refractivity contribution in [1.29, 1.82) is 0 Å². The van der Waals surface area contributed by atoms with E-state index in [1.54, 1.807) is 0 Å². The van der Waals surface area contributed by atoms with E-state index in [0.29, 0.717) is 19.2 Å². The van der Waals surface area contributed by atoms with Crippen LogP contribution in [-0.4, -0.2) is 48.6 Å². The number of carbonyl (C=O) groups is 1. The number of hydrogen-bond donors (Lipinski definition) is 1. The molecule has 5 heteroatoms. The van der Waals surface area contributed by atoms with Crippen molar-refractivity contribution in [2.45, 2.75) is 37.8 Å². The summed E-state index contributed by atoms with van der Waals surface area (Å²) in [6.07, 6.45) is 8.10. The monoisotopic (exact) mass is 289 g/mol. The van der Waals surface area contributed by atoms with Crippen LogP contribution in [0.5, 0.6) is 0 Å². The number of aromatic nitrogens is 1. The predicted octanol–water partition coefficient (Wildman–Crippen LogP) is 1.30. The summed E-state index contributed by atoms with van der Waals surface area (Å²) < 4.78 is 4.94. The molecular formula is C16H23N3O2. The van der Waals surface area contributed by atoms with Crippen molar-refractivity contribution in [2.24, 2.45) is 0 Å². The van der Waals surface area contributed by atoms with Gasteiger partial charge in [-0.1, -0.05) is 6.07 Å². The molecule has 1 aromatic heterocycles. The summed E-state index contributed by atoms with van der Waals surface area (Å²) in [7, 11) is 2.18. The van der Waals surface area contributed by atoms with Crippen LogP contribution < -0.4 is 5.32 Å². The minimum absolute atomic E-state index is 0.0226. The molecule has 1 aromatic rings. The summed E-state index contributed by atoms with van der Waals surface area (Å²) in [6, 6.07) is 2.79. The number of pyridine rings is 1. The van der Waals surface area contributed by atoms with Crippen LogP contribution in [-0.2, 0) is 16.0 Å². The van der Waals surface area contributed by atoms with Gasteiger partial charge in [-0.15, -0.1) is 0 Å². The van der Waals surface area contributed by atoms with Crippen LogP contribution in [0.15, 0.2) is 18.5 Å². The zero-order chi connectivity index (χ0) is 14.7. The summed E-state index contributed by atoms with van der Waals surface area (Å²) in [4.78, 5) is 18.2. The molecule has 0 saturated carbocycles. The van der Waals surface area contributed by atoms with E-state index in [1.807, 2.05) is 12.4 Å². The van der Waals surface area contributed by atoms with E-state index in [2.05, 4.69) is 28.3 Å². The topological polar surface area (TPSA) is 57.8 Å². The molecule has 114 valence electrons. The minimum Gasteiger partial charge on any atom is -0.363 e. The first kappa shape index (κ1) is 14.5. The lowest BCUT2D eigenvalue weighted by Crippen LogP contribution is -2.29. The molecule has 0 spiro atoms. The molecule has 21 heavy (non-hydrogen) atoms. The fraction of sp³-hybridized carbons (Fsp3) is 0.625. The Labute approximate surface area is 125 Å². The molecule has 1 unspecified atom stereocenters. The molecule has 0 bridgehead atoms. The van der Waals surface area contributed by atoms with Gasteiger partial charge in [-0.2, -0.15) is 0 Å². The molecule has 1 amide bonds. The van der Waals surface area contributed by atoms with Crippen molar-refractivity contribution in [3.05, 3.63) is 29.6 Å². The number of hydrogen-bond acceptors (Lipinski definition) is 4. The fourth-order valence-corrected chi connectivity index (χ4v) is 2.98. The molecule has 0 radical (unpaired) electrons. The minimum atomic E-state index is -0.187. The number of nitrogens with zero attached hydrogens (tertiary/aromatic N) is 2. The van der Waals surface area contributed by atoms with Crippen molar-refractivity contribution < 1.29 is 9.53 Å². The number of rotatable bonds is 6. The van der Waals surface area contributed by atoms with Gasteiger partial charge in [0.05, 0.1) is 6.61 Å². The van der Waals surface area contributed by atoms with E-state index in [-0.39, 0.29) is 12.0 Å². The van der Waals surface area contributed by atoms with Gasteiger partial charge in [0.25, 0.3) is 5.91 Å². The normalized spacial score (nSPS) is 25.0. The molecule has 2 aliphatic rings. The van der Waals surface area contributed by atoms with Gasteiger partial charge in [0.1, 0.15) is 0 Å². The molecule has 2 aliphatic heterocycles. The van der Waals surface area contributed by atoms with E-state index in [4.69, 9.17) is 4.74 Å². The van der Waals surface area contributed by atoms with Crippen LogP contribution in [0.3, 0.4) is 0 Å². The maximum atomic E-state index is 11.4. The fourth-order valence-electron chi connectivity index (χ4n) is 2.98. The smallest absolute Gasteiger partial charge is 0.251 e. The number of epoxide rings is 1. The number of nitrogens with one attached hydrogen (secondary N) is 1. The Morgan fingerprint density at radius 1 is 1.52 bits per heavy atom. The number of aryl methyl sites for hydroxylation is 1. The average Bonchev–Trinajstić information content (AvgIpc) is 3.26. The second-order valence-corrected chi connectivity index (χ2v) is 5.98. The highest BCUT2D eigenvalue weighted by Gasteiger charge is 2.30. The molecule has 3 rings (SSSR count). The molecule has 5 nitrogen and oxygen atoms in total. The lowest BCUT2D eigenvalue weighted by atomic mass is 10.0. The quantitative estimate of drug-likeness (QED) is 0.633. The number of likely N-dealkylation sites (tertiary alicyclic amines) is 1. The summed E-state index contributed by atoms with van der Waals surface area (Å²) in [5.41, 5.74) is 2.58. The average molecular weight is 289 g/mol. The van der Waals surface area contributed by atoms with Crippen molar-refractivity contribution in [2.75, 3.05) is 26.7 Å². The standard InChI is InChI=1S/C16H23N3O2/c1-19-7-3-5-14(19)13-8-12(9-17-10-13)4-2-6-18-16(20)15-11-21-15/h8-10,14-15H,2-7,11H2,1H3,(H,18,20)/t14-,15?/m0/s1. The molecule has 0 aliphatic carbocycles. The molecular weight excluding hydrogens is 266 g/mol. The van der Waals surface area contributed by atoms with E-state index >= 15 is 0 Å². The van der Waals surface area contributed by atoms with Crippen molar-refractivity contribution in [3.63, 3.8) is 0 Å². The first-order chi connectivity index (χ1) is 10.2. The maximum absolute atomic E-state index is 11.4.